The zero-order valence-electron chi connectivity index (χ0n) is 26.3. The van der Waals surface area contributed by atoms with Crippen molar-refractivity contribution in [3.63, 3.8) is 0 Å². The van der Waals surface area contributed by atoms with Gasteiger partial charge in [-0.2, -0.15) is 0 Å². The molecular formula is C38H36N6O3. The van der Waals surface area contributed by atoms with Crippen LogP contribution < -0.4 is 10.6 Å². The number of pyridine rings is 4. The maximum Gasteiger partial charge on any atom is 0.201 e. The number of nitrogens with one attached hydrogen (secondary N) is 2. The number of hydrogen-bond donors (Lipinski definition) is 2. The number of nitrogens with zero attached hydrogens (tertiary/aromatic N) is 4. The quantitative estimate of drug-likeness (QED) is 0.102. The first-order chi connectivity index (χ1) is 23.1. The summed E-state index contributed by atoms with van der Waals surface area (Å²) in [6.07, 6.45) is 11.0. The van der Waals surface area contributed by atoms with E-state index >= 15 is 0 Å². The first-order valence-electron chi connectivity index (χ1n) is 15.3. The van der Waals surface area contributed by atoms with Crippen LogP contribution in [-0.2, 0) is 9.47 Å². The van der Waals surface area contributed by atoms with Crippen molar-refractivity contribution < 1.29 is 14.3 Å². The second-order valence-corrected chi connectivity index (χ2v) is 10.2. The van der Waals surface area contributed by atoms with E-state index in [4.69, 9.17) is 9.47 Å². The third-order valence-corrected chi connectivity index (χ3v) is 6.91. The van der Waals surface area contributed by atoms with Gasteiger partial charge in [-0.25, -0.2) is 0 Å². The number of anilines is 4. The molecular weight excluding hydrogens is 588 g/mol. The molecule has 6 aromatic rings. The van der Waals surface area contributed by atoms with Gasteiger partial charge in [0.1, 0.15) is 5.69 Å². The van der Waals surface area contributed by atoms with Crippen LogP contribution in [0.15, 0.2) is 134 Å². The minimum atomic E-state index is -0.419. The lowest BCUT2D eigenvalue weighted by atomic mass is 10.1. The Bertz CT molecular complexity index is 1780. The predicted octanol–water partition coefficient (Wildman–Crippen LogP) is 8.66. The summed E-state index contributed by atoms with van der Waals surface area (Å²) in [7, 11) is 0. The molecule has 0 amide bonds. The SMILES string of the molecule is CCOC(OCC)c1ccc(Nc2ccc(-c3cccnc3)cc2)cn1.O=Cc1ccc(Nc2ccc(-c3cccnc3)cc2)cn1. The van der Waals surface area contributed by atoms with Crippen LogP contribution in [0.25, 0.3) is 22.3 Å². The molecule has 236 valence electrons. The molecule has 0 radical (unpaired) electrons. The highest BCUT2D eigenvalue weighted by Gasteiger charge is 2.12. The van der Waals surface area contributed by atoms with Gasteiger partial charge in [0.05, 0.1) is 29.5 Å². The standard InChI is InChI=1S/C21H23N3O2.C17H13N3O/c1-3-25-21(26-4-2)20-12-11-19(15-23-20)24-18-9-7-16(8-10-18)17-6-5-13-22-14-17;21-12-17-8-7-16(11-19-17)20-15-5-3-13(4-6-15)14-2-1-9-18-10-14/h5-15,21,24H,3-4H2,1-2H3;1-12,20H. The summed E-state index contributed by atoms with van der Waals surface area (Å²) in [5.41, 5.74) is 9.34. The van der Waals surface area contributed by atoms with E-state index in [1.165, 1.54) is 0 Å². The van der Waals surface area contributed by atoms with Gasteiger partial charge in [-0.1, -0.05) is 36.4 Å². The van der Waals surface area contributed by atoms with Gasteiger partial charge in [0.25, 0.3) is 0 Å². The normalized spacial score (nSPS) is 10.5. The van der Waals surface area contributed by atoms with E-state index in [9.17, 15) is 4.79 Å². The van der Waals surface area contributed by atoms with Gasteiger partial charge in [0.15, 0.2) is 6.29 Å². The molecule has 2 N–H and O–H groups in total. The van der Waals surface area contributed by atoms with E-state index in [-0.39, 0.29) is 0 Å². The lowest BCUT2D eigenvalue weighted by Crippen LogP contribution is -2.10. The van der Waals surface area contributed by atoms with Crippen LogP contribution in [0.2, 0.25) is 0 Å². The smallest absolute Gasteiger partial charge is 0.201 e. The van der Waals surface area contributed by atoms with E-state index in [0.717, 1.165) is 57.0 Å². The summed E-state index contributed by atoms with van der Waals surface area (Å²) >= 11 is 0. The van der Waals surface area contributed by atoms with Crippen LogP contribution in [-0.4, -0.2) is 39.4 Å². The summed E-state index contributed by atoms with van der Waals surface area (Å²) in [5, 5.41) is 6.59. The van der Waals surface area contributed by atoms with E-state index in [0.29, 0.717) is 18.9 Å². The highest BCUT2D eigenvalue weighted by atomic mass is 16.7. The number of carbonyl (C=O) groups excluding carboxylic acids is 1. The fourth-order valence-electron chi connectivity index (χ4n) is 4.58. The molecule has 0 atom stereocenters. The second-order valence-electron chi connectivity index (χ2n) is 10.2. The Morgan fingerprint density at radius 1 is 0.574 bits per heavy atom. The number of benzene rings is 2. The third-order valence-electron chi connectivity index (χ3n) is 6.91. The molecule has 0 spiro atoms. The molecule has 0 aliphatic carbocycles. The van der Waals surface area contributed by atoms with Crippen LogP contribution in [0.5, 0.6) is 0 Å². The van der Waals surface area contributed by atoms with Crippen molar-refractivity contribution in [2.24, 2.45) is 0 Å². The van der Waals surface area contributed by atoms with Gasteiger partial charge >= 0.3 is 0 Å². The zero-order valence-corrected chi connectivity index (χ0v) is 26.3. The number of aldehydes is 1. The van der Waals surface area contributed by atoms with Gasteiger partial charge < -0.3 is 20.1 Å². The van der Waals surface area contributed by atoms with Crippen molar-refractivity contribution >= 4 is 29.0 Å². The minimum absolute atomic E-state index is 0.419. The maximum absolute atomic E-state index is 10.6. The number of ether oxygens (including phenoxy) is 2. The molecule has 4 heterocycles. The Hall–Kier alpha value is -5.77. The molecule has 0 fully saturated rings. The van der Waals surface area contributed by atoms with Gasteiger partial charge in [-0.15, -0.1) is 0 Å². The topological polar surface area (TPSA) is 111 Å². The summed E-state index contributed by atoms with van der Waals surface area (Å²) < 4.78 is 11.1. The monoisotopic (exact) mass is 624 g/mol. The van der Waals surface area contributed by atoms with Crippen LogP contribution in [0, 0.1) is 0 Å². The highest BCUT2D eigenvalue weighted by Crippen LogP contribution is 2.25. The molecule has 9 heteroatoms. The molecule has 0 aliphatic rings. The minimum Gasteiger partial charge on any atom is -0.354 e. The van der Waals surface area contributed by atoms with Crippen LogP contribution in [0.1, 0.15) is 36.3 Å². The molecule has 0 aliphatic heterocycles. The van der Waals surface area contributed by atoms with Crippen molar-refractivity contribution in [1.82, 2.24) is 19.9 Å². The largest absolute Gasteiger partial charge is 0.354 e. The average Bonchev–Trinajstić information content (AvgIpc) is 3.14. The first kappa shape index (κ1) is 32.6. The molecule has 9 nitrogen and oxygen atoms in total. The Morgan fingerprint density at radius 2 is 1.06 bits per heavy atom. The molecule has 0 bridgehead atoms. The van der Waals surface area contributed by atoms with Crippen molar-refractivity contribution in [3.8, 4) is 22.3 Å². The molecule has 47 heavy (non-hydrogen) atoms. The number of rotatable bonds is 12. The lowest BCUT2D eigenvalue weighted by molar-refractivity contribution is -0.142. The van der Waals surface area contributed by atoms with Crippen molar-refractivity contribution in [2.75, 3.05) is 23.8 Å². The predicted molar refractivity (Wildman–Crippen MR) is 186 cm³/mol. The second kappa shape index (κ2) is 17.1. The van der Waals surface area contributed by atoms with Crippen molar-refractivity contribution in [2.45, 2.75) is 20.1 Å². The van der Waals surface area contributed by atoms with E-state index in [2.05, 4.69) is 42.7 Å². The first-order valence-corrected chi connectivity index (χ1v) is 15.3. The zero-order chi connectivity index (χ0) is 32.7. The Labute approximate surface area is 274 Å². The molecule has 6 rings (SSSR count). The number of hydrogen-bond acceptors (Lipinski definition) is 9. The Morgan fingerprint density at radius 3 is 1.45 bits per heavy atom. The van der Waals surface area contributed by atoms with Gasteiger partial charge in [-0.05, 0) is 96.8 Å². The average molecular weight is 625 g/mol. The molecule has 4 aromatic heterocycles. The van der Waals surface area contributed by atoms with Crippen LogP contribution >= 0.6 is 0 Å². The van der Waals surface area contributed by atoms with E-state index < -0.39 is 6.29 Å². The lowest BCUT2D eigenvalue weighted by Gasteiger charge is -2.16. The summed E-state index contributed by atoms with van der Waals surface area (Å²) in [4.78, 5) is 27.3. The summed E-state index contributed by atoms with van der Waals surface area (Å²) in [5.74, 6) is 0. The molecule has 0 saturated carbocycles. The van der Waals surface area contributed by atoms with Gasteiger partial charge in [-0.3, -0.25) is 24.7 Å². The van der Waals surface area contributed by atoms with Gasteiger partial charge in [0.2, 0.25) is 6.29 Å². The number of carbonyl (C=O) groups is 1. The molecule has 0 unspecified atom stereocenters. The molecule has 0 saturated heterocycles. The summed E-state index contributed by atoms with van der Waals surface area (Å²) in [6.45, 7) is 5.04. The third kappa shape index (κ3) is 9.61. The van der Waals surface area contributed by atoms with Crippen LogP contribution in [0.4, 0.5) is 22.7 Å². The highest BCUT2D eigenvalue weighted by molar-refractivity contribution is 5.73. The fourth-order valence-corrected chi connectivity index (χ4v) is 4.58. The fraction of sp³-hybridized carbons (Fsp3) is 0.132. The van der Waals surface area contributed by atoms with Crippen LogP contribution in [0.3, 0.4) is 0 Å². The maximum atomic E-state index is 10.6. The van der Waals surface area contributed by atoms with E-state index in [1.54, 1.807) is 30.9 Å². The number of aromatic nitrogens is 4. The Kier molecular flexibility index (Phi) is 11.8. The van der Waals surface area contributed by atoms with Crippen molar-refractivity contribution in [1.29, 1.82) is 0 Å². The molecule has 2 aromatic carbocycles. The summed E-state index contributed by atoms with van der Waals surface area (Å²) in [6, 6.07) is 31.6. The van der Waals surface area contributed by atoms with Crippen molar-refractivity contribution in [3.05, 3.63) is 146 Å². The van der Waals surface area contributed by atoms with E-state index in [1.807, 2.05) is 105 Å². The van der Waals surface area contributed by atoms with Gasteiger partial charge in [0, 0.05) is 49.4 Å². The Balaban J connectivity index is 0.000000189.